The van der Waals surface area contributed by atoms with Gasteiger partial charge in [-0.1, -0.05) is 11.6 Å². The lowest BCUT2D eigenvalue weighted by Gasteiger charge is -2.11. The molecule has 1 atom stereocenters. The second kappa shape index (κ2) is 4.19. The number of amides is 1. The lowest BCUT2D eigenvalue weighted by molar-refractivity contribution is -0.118. The highest BCUT2D eigenvalue weighted by Gasteiger charge is 2.20. The Labute approximate surface area is 97.3 Å². The summed E-state index contributed by atoms with van der Waals surface area (Å²) in [7, 11) is 0. The zero-order valence-electron chi connectivity index (χ0n) is 8.40. The highest BCUT2D eigenvalue weighted by molar-refractivity contribution is 6.32. The number of primary amides is 1. The first kappa shape index (κ1) is 11.0. The van der Waals surface area contributed by atoms with E-state index in [9.17, 15) is 4.79 Å². The Morgan fingerprint density at radius 1 is 1.50 bits per heavy atom. The van der Waals surface area contributed by atoms with E-state index in [1.165, 1.54) is 0 Å². The second-order valence-corrected chi connectivity index (χ2v) is 3.92. The third-order valence-electron chi connectivity index (χ3n) is 2.30. The van der Waals surface area contributed by atoms with Crippen molar-refractivity contribution >= 4 is 17.5 Å². The van der Waals surface area contributed by atoms with Gasteiger partial charge >= 0.3 is 0 Å². The maximum atomic E-state index is 10.8. The molecule has 0 aromatic heterocycles. The predicted molar refractivity (Wildman–Crippen MR) is 58.3 cm³/mol. The minimum absolute atomic E-state index is 0.0654. The Bertz CT molecular complexity index is 436. The van der Waals surface area contributed by atoms with Gasteiger partial charge in [0.05, 0.1) is 5.02 Å². The van der Waals surface area contributed by atoms with Crippen molar-refractivity contribution in [3.05, 3.63) is 22.7 Å². The molecular formula is C10H11ClN2O3. The lowest BCUT2D eigenvalue weighted by Crippen LogP contribution is -2.20. The van der Waals surface area contributed by atoms with Gasteiger partial charge in [-0.3, -0.25) is 4.79 Å². The number of nitrogens with two attached hydrogens (primary N) is 2. The Morgan fingerprint density at radius 2 is 2.25 bits per heavy atom. The van der Waals surface area contributed by atoms with Crippen LogP contribution < -0.4 is 20.9 Å². The van der Waals surface area contributed by atoms with Gasteiger partial charge in [-0.25, -0.2) is 0 Å². The molecule has 6 heteroatoms. The summed E-state index contributed by atoms with van der Waals surface area (Å²) in [4.78, 5) is 10.8. The molecule has 0 fully saturated rings. The molecule has 1 aliphatic rings. The van der Waals surface area contributed by atoms with Crippen molar-refractivity contribution in [2.24, 2.45) is 11.5 Å². The van der Waals surface area contributed by atoms with Crippen LogP contribution in [0.4, 0.5) is 0 Å². The SMILES string of the molecule is NC(=O)C[C@H](N)c1cc(Cl)c2c(c1)OCO2. The zero-order chi connectivity index (χ0) is 11.7. The number of ether oxygens (including phenoxy) is 2. The summed E-state index contributed by atoms with van der Waals surface area (Å²) in [5.74, 6) is 0.598. The van der Waals surface area contributed by atoms with E-state index in [2.05, 4.69) is 0 Å². The van der Waals surface area contributed by atoms with Gasteiger partial charge < -0.3 is 20.9 Å². The molecular weight excluding hydrogens is 232 g/mol. The number of benzene rings is 1. The van der Waals surface area contributed by atoms with E-state index < -0.39 is 11.9 Å². The summed E-state index contributed by atoms with van der Waals surface area (Å²) in [6.07, 6.45) is 0.0654. The molecule has 1 aromatic carbocycles. The molecule has 1 amide bonds. The van der Waals surface area contributed by atoms with Gasteiger partial charge in [-0.05, 0) is 17.7 Å². The van der Waals surface area contributed by atoms with E-state index in [0.717, 1.165) is 0 Å². The van der Waals surface area contributed by atoms with E-state index in [-0.39, 0.29) is 13.2 Å². The zero-order valence-corrected chi connectivity index (χ0v) is 9.16. The average Bonchev–Trinajstić information content (AvgIpc) is 2.64. The van der Waals surface area contributed by atoms with Crippen molar-refractivity contribution in [3.8, 4) is 11.5 Å². The quantitative estimate of drug-likeness (QED) is 0.826. The molecule has 4 N–H and O–H groups in total. The molecule has 0 saturated carbocycles. The summed E-state index contributed by atoms with van der Waals surface area (Å²) in [6, 6.07) is 2.88. The van der Waals surface area contributed by atoms with Crippen molar-refractivity contribution in [1.82, 2.24) is 0 Å². The number of hydrogen-bond acceptors (Lipinski definition) is 4. The molecule has 16 heavy (non-hydrogen) atoms. The van der Waals surface area contributed by atoms with E-state index >= 15 is 0 Å². The van der Waals surface area contributed by atoms with Crippen molar-refractivity contribution in [3.63, 3.8) is 0 Å². The third kappa shape index (κ3) is 2.05. The van der Waals surface area contributed by atoms with Gasteiger partial charge in [-0.2, -0.15) is 0 Å². The Hall–Kier alpha value is -1.46. The number of fused-ring (bicyclic) bond motifs is 1. The Kier molecular flexibility index (Phi) is 2.89. The maximum absolute atomic E-state index is 10.8. The topological polar surface area (TPSA) is 87.6 Å². The fourth-order valence-electron chi connectivity index (χ4n) is 1.54. The molecule has 0 unspecified atom stereocenters. The van der Waals surface area contributed by atoms with Crippen LogP contribution in [-0.2, 0) is 4.79 Å². The second-order valence-electron chi connectivity index (χ2n) is 3.51. The van der Waals surface area contributed by atoms with Crippen molar-refractivity contribution in [2.75, 3.05) is 6.79 Å². The number of carbonyl (C=O) groups excluding carboxylic acids is 1. The summed E-state index contributed by atoms with van der Waals surface area (Å²) < 4.78 is 10.4. The minimum Gasteiger partial charge on any atom is -0.454 e. The van der Waals surface area contributed by atoms with Gasteiger partial charge in [0.15, 0.2) is 11.5 Å². The van der Waals surface area contributed by atoms with Crippen LogP contribution >= 0.6 is 11.6 Å². The van der Waals surface area contributed by atoms with Crippen LogP contribution in [0.3, 0.4) is 0 Å². The largest absolute Gasteiger partial charge is 0.454 e. The van der Waals surface area contributed by atoms with Crippen molar-refractivity contribution < 1.29 is 14.3 Å². The number of halogens is 1. The number of hydrogen-bond donors (Lipinski definition) is 2. The molecule has 5 nitrogen and oxygen atoms in total. The van der Waals surface area contributed by atoms with E-state index in [4.69, 9.17) is 32.5 Å². The monoisotopic (exact) mass is 242 g/mol. The standard InChI is InChI=1S/C10H11ClN2O3/c11-6-1-5(7(12)3-9(13)14)2-8-10(6)16-4-15-8/h1-2,7H,3-4,12H2,(H2,13,14)/t7-/m0/s1. The molecule has 0 bridgehead atoms. The molecule has 86 valence electrons. The van der Waals surface area contributed by atoms with E-state index in [1.54, 1.807) is 12.1 Å². The van der Waals surface area contributed by atoms with Gasteiger partial charge in [0.2, 0.25) is 12.7 Å². The van der Waals surface area contributed by atoms with Crippen LogP contribution in [0.5, 0.6) is 11.5 Å². The van der Waals surface area contributed by atoms with Crippen LogP contribution in [0.1, 0.15) is 18.0 Å². The summed E-state index contributed by atoms with van der Waals surface area (Å²) in [5.41, 5.74) is 11.6. The molecule has 0 spiro atoms. The first-order chi connectivity index (χ1) is 7.58. The van der Waals surface area contributed by atoms with Crippen molar-refractivity contribution in [1.29, 1.82) is 0 Å². The Balaban J connectivity index is 2.29. The lowest BCUT2D eigenvalue weighted by atomic mass is 10.0. The maximum Gasteiger partial charge on any atom is 0.231 e. The van der Waals surface area contributed by atoms with Crippen LogP contribution in [0, 0.1) is 0 Å². The van der Waals surface area contributed by atoms with E-state index in [0.29, 0.717) is 22.1 Å². The minimum atomic E-state index is -0.482. The normalized spacial score (nSPS) is 14.9. The fraction of sp³-hybridized carbons (Fsp3) is 0.300. The molecule has 0 radical (unpaired) electrons. The van der Waals surface area contributed by atoms with Crippen LogP contribution in [0.25, 0.3) is 0 Å². The van der Waals surface area contributed by atoms with Crippen LogP contribution in [-0.4, -0.2) is 12.7 Å². The first-order valence-electron chi connectivity index (χ1n) is 4.71. The number of rotatable bonds is 3. The highest BCUT2D eigenvalue weighted by atomic mass is 35.5. The average molecular weight is 243 g/mol. The predicted octanol–water partition coefficient (Wildman–Crippen LogP) is 0.944. The first-order valence-corrected chi connectivity index (χ1v) is 5.08. The molecule has 0 saturated heterocycles. The van der Waals surface area contributed by atoms with Gasteiger partial charge in [-0.15, -0.1) is 0 Å². The third-order valence-corrected chi connectivity index (χ3v) is 2.58. The van der Waals surface area contributed by atoms with Crippen LogP contribution in [0.2, 0.25) is 5.02 Å². The smallest absolute Gasteiger partial charge is 0.231 e. The van der Waals surface area contributed by atoms with Crippen molar-refractivity contribution in [2.45, 2.75) is 12.5 Å². The van der Waals surface area contributed by atoms with E-state index in [1.807, 2.05) is 0 Å². The number of carbonyl (C=O) groups is 1. The van der Waals surface area contributed by atoms with Gasteiger partial charge in [0.25, 0.3) is 0 Å². The molecule has 0 aliphatic carbocycles. The highest BCUT2D eigenvalue weighted by Crippen LogP contribution is 2.41. The molecule has 1 heterocycles. The summed E-state index contributed by atoms with van der Waals surface area (Å²) in [5, 5.41) is 0.421. The summed E-state index contributed by atoms with van der Waals surface area (Å²) in [6.45, 7) is 0.142. The summed E-state index contributed by atoms with van der Waals surface area (Å²) >= 11 is 5.98. The fourth-order valence-corrected chi connectivity index (χ4v) is 1.81. The van der Waals surface area contributed by atoms with Gasteiger partial charge in [0, 0.05) is 12.5 Å². The molecule has 1 aliphatic heterocycles. The van der Waals surface area contributed by atoms with Crippen LogP contribution in [0.15, 0.2) is 12.1 Å². The van der Waals surface area contributed by atoms with Gasteiger partial charge in [0.1, 0.15) is 0 Å². The molecule has 2 rings (SSSR count). The Morgan fingerprint density at radius 3 is 2.94 bits per heavy atom. The molecule has 1 aromatic rings.